The van der Waals surface area contributed by atoms with Gasteiger partial charge in [-0.3, -0.25) is 9.36 Å². The van der Waals surface area contributed by atoms with Crippen molar-refractivity contribution in [2.24, 2.45) is 0 Å². The van der Waals surface area contributed by atoms with Crippen LogP contribution in [0.15, 0.2) is 45.6 Å². The number of nitrogens with zero attached hydrogens (tertiary/aromatic N) is 1. The van der Waals surface area contributed by atoms with Gasteiger partial charge in [-0.05, 0) is 37.3 Å². The summed E-state index contributed by atoms with van der Waals surface area (Å²) in [6.07, 6.45) is 4.44. The van der Waals surface area contributed by atoms with Gasteiger partial charge >= 0.3 is 11.9 Å². The number of anilines is 1. The van der Waals surface area contributed by atoms with Crippen molar-refractivity contribution in [3.05, 3.63) is 64.6 Å². The minimum absolute atomic E-state index is 0.0136. The van der Waals surface area contributed by atoms with Crippen molar-refractivity contribution >= 4 is 46.3 Å². The Kier molecular flexibility index (Phi) is 5.47. The SMILES string of the molecule is CCOC(=O)c1c(N)/c(=C\c2ccco2)c2n1C(=O)C(c1ccco1)SC=2C(=O)OC. The highest BCUT2D eigenvalue weighted by molar-refractivity contribution is 8.10. The van der Waals surface area contributed by atoms with E-state index in [9.17, 15) is 14.4 Å². The van der Waals surface area contributed by atoms with Gasteiger partial charge in [-0.2, -0.15) is 0 Å². The third-order valence-corrected chi connectivity index (χ3v) is 5.88. The first-order chi connectivity index (χ1) is 15.0. The van der Waals surface area contributed by atoms with Gasteiger partial charge in [0.25, 0.3) is 5.91 Å². The second-order valence-corrected chi connectivity index (χ2v) is 7.53. The van der Waals surface area contributed by atoms with Crippen LogP contribution in [-0.4, -0.2) is 36.1 Å². The first-order valence-corrected chi connectivity index (χ1v) is 10.1. The number of furan rings is 2. The van der Waals surface area contributed by atoms with Gasteiger partial charge in [-0.15, -0.1) is 0 Å². The number of nitrogen functional groups attached to an aromatic ring is 1. The fraction of sp³-hybridized carbons (Fsp3) is 0.190. The molecule has 0 saturated heterocycles. The van der Waals surface area contributed by atoms with Crippen molar-refractivity contribution in [3.63, 3.8) is 0 Å². The van der Waals surface area contributed by atoms with E-state index in [-0.39, 0.29) is 33.5 Å². The summed E-state index contributed by atoms with van der Waals surface area (Å²) >= 11 is 0.966. The van der Waals surface area contributed by atoms with Crippen molar-refractivity contribution in [3.8, 4) is 0 Å². The van der Waals surface area contributed by atoms with Crippen molar-refractivity contribution in [2.45, 2.75) is 12.2 Å². The lowest BCUT2D eigenvalue weighted by atomic mass is 10.2. The van der Waals surface area contributed by atoms with Crippen LogP contribution in [-0.2, 0) is 14.3 Å². The Bertz CT molecular complexity index is 1270. The summed E-state index contributed by atoms with van der Waals surface area (Å²) < 4.78 is 22.0. The van der Waals surface area contributed by atoms with Crippen LogP contribution in [0.5, 0.6) is 0 Å². The number of esters is 2. The molecule has 0 aliphatic carbocycles. The van der Waals surface area contributed by atoms with E-state index in [1.54, 1.807) is 37.3 Å². The average Bonchev–Trinajstić information content (AvgIpc) is 3.51. The van der Waals surface area contributed by atoms with E-state index in [0.29, 0.717) is 11.5 Å². The van der Waals surface area contributed by atoms with Crippen molar-refractivity contribution in [1.82, 2.24) is 4.57 Å². The van der Waals surface area contributed by atoms with Gasteiger partial charge in [0.1, 0.15) is 21.7 Å². The second-order valence-electron chi connectivity index (χ2n) is 6.41. The number of nitrogens with two attached hydrogens (primary N) is 1. The molecule has 0 aromatic carbocycles. The predicted octanol–water partition coefficient (Wildman–Crippen LogP) is 1.67. The van der Waals surface area contributed by atoms with E-state index in [0.717, 1.165) is 16.3 Å². The number of rotatable bonds is 5. The summed E-state index contributed by atoms with van der Waals surface area (Å²) in [6, 6.07) is 6.59. The van der Waals surface area contributed by atoms with Gasteiger partial charge in [0.2, 0.25) is 0 Å². The standard InChI is InChI=1S/C21H18N2O7S/c1-3-28-20(25)16-14(22)12(10-11-6-4-8-29-11)15-18(21(26)27-2)31-17(19(24)23(15)16)13-7-5-9-30-13/h4-10,17H,3,22H2,1-2H3/b12-10+. The van der Waals surface area contributed by atoms with Crippen molar-refractivity contribution in [1.29, 1.82) is 0 Å². The molecule has 0 spiro atoms. The van der Waals surface area contributed by atoms with Gasteiger partial charge in [-0.1, -0.05) is 11.8 Å². The van der Waals surface area contributed by atoms with Crippen LogP contribution in [0.3, 0.4) is 0 Å². The molecule has 9 nitrogen and oxygen atoms in total. The summed E-state index contributed by atoms with van der Waals surface area (Å²) in [5.41, 5.74) is 6.13. The summed E-state index contributed by atoms with van der Waals surface area (Å²) in [5, 5.41) is -0.508. The smallest absolute Gasteiger partial charge is 0.357 e. The molecule has 3 aromatic heterocycles. The maximum absolute atomic E-state index is 13.5. The molecule has 1 unspecified atom stereocenters. The molecular weight excluding hydrogens is 424 g/mol. The largest absolute Gasteiger partial charge is 0.468 e. The molecule has 4 rings (SSSR count). The first kappa shape index (κ1) is 20.6. The van der Waals surface area contributed by atoms with E-state index < -0.39 is 23.1 Å². The van der Waals surface area contributed by atoms with Crippen molar-refractivity contribution in [2.75, 3.05) is 19.5 Å². The van der Waals surface area contributed by atoms with Crippen LogP contribution in [0, 0.1) is 0 Å². The summed E-state index contributed by atoms with van der Waals surface area (Å²) in [7, 11) is 1.23. The van der Waals surface area contributed by atoms with Crippen LogP contribution in [0.4, 0.5) is 5.69 Å². The molecule has 10 heteroatoms. The molecule has 1 atom stereocenters. The van der Waals surface area contributed by atoms with Gasteiger partial charge < -0.3 is 24.0 Å². The minimum atomic E-state index is -0.923. The molecule has 4 heterocycles. The molecule has 0 bridgehead atoms. The van der Waals surface area contributed by atoms with Crippen LogP contribution in [0.1, 0.15) is 39.0 Å². The highest BCUT2D eigenvalue weighted by atomic mass is 32.2. The first-order valence-electron chi connectivity index (χ1n) is 9.27. The zero-order valence-electron chi connectivity index (χ0n) is 16.6. The van der Waals surface area contributed by atoms with E-state index in [1.807, 2.05) is 0 Å². The highest BCUT2D eigenvalue weighted by Crippen LogP contribution is 2.39. The molecule has 0 amide bonds. The van der Waals surface area contributed by atoms with Crippen LogP contribution in [0.2, 0.25) is 0 Å². The maximum Gasteiger partial charge on any atom is 0.357 e. The molecule has 3 aromatic rings. The fourth-order valence-corrected chi connectivity index (χ4v) is 4.50. The van der Waals surface area contributed by atoms with Crippen molar-refractivity contribution < 1.29 is 32.7 Å². The van der Waals surface area contributed by atoms with E-state index in [4.69, 9.17) is 24.0 Å². The number of ether oxygens (including phenoxy) is 2. The second kappa shape index (κ2) is 8.23. The Hall–Kier alpha value is -3.66. The zero-order valence-corrected chi connectivity index (χ0v) is 17.4. The quantitative estimate of drug-likeness (QED) is 0.587. The Balaban J connectivity index is 2.11. The Labute approximate surface area is 180 Å². The van der Waals surface area contributed by atoms with Gasteiger partial charge in [0.15, 0.2) is 5.69 Å². The maximum atomic E-state index is 13.5. The lowest BCUT2D eigenvalue weighted by Gasteiger charge is -2.21. The summed E-state index contributed by atoms with van der Waals surface area (Å²) in [4.78, 5) is 39.0. The van der Waals surface area contributed by atoms with Gasteiger partial charge in [0, 0.05) is 5.22 Å². The normalized spacial score (nSPS) is 16.3. The number of hydrogen-bond donors (Lipinski definition) is 1. The Morgan fingerprint density at radius 3 is 2.58 bits per heavy atom. The zero-order chi connectivity index (χ0) is 22.1. The number of fused-ring (bicyclic) bond motifs is 1. The third-order valence-electron chi connectivity index (χ3n) is 4.61. The number of carbonyl (C=O) groups excluding carboxylic acids is 3. The average molecular weight is 442 g/mol. The van der Waals surface area contributed by atoms with Gasteiger partial charge in [0.05, 0.1) is 37.3 Å². The molecule has 0 radical (unpaired) electrons. The molecular formula is C21H18N2O7S. The fourth-order valence-electron chi connectivity index (χ4n) is 3.31. The topological polar surface area (TPSA) is 127 Å². The predicted molar refractivity (Wildman–Crippen MR) is 111 cm³/mol. The molecule has 1 aliphatic rings. The number of thioether (sulfide) groups is 1. The van der Waals surface area contributed by atoms with Crippen LogP contribution >= 0.6 is 11.8 Å². The Morgan fingerprint density at radius 1 is 1.23 bits per heavy atom. The summed E-state index contributed by atoms with van der Waals surface area (Å²) in [6.45, 7) is 1.72. The van der Waals surface area contributed by atoms with E-state index in [2.05, 4.69) is 0 Å². The van der Waals surface area contributed by atoms with E-state index >= 15 is 0 Å². The molecule has 31 heavy (non-hydrogen) atoms. The third kappa shape index (κ3) is 3.44. The Morgan fingerprint density at radius 2 is 1.97 bits per heavy atom. The molecule has 0 saturated carbocycles. The molecule has 0 fully saturated rings. The minimum Gasteiger partial charge on any atom is -0.468 e. The summed E-state index contributed by atoms with van der Waals surface area (Å²) in [5.74, 6) is -1.23. The lowest BCUT2D eigenvalue weighted by molar-refractivity contribution is -0.133. The van der Waals surface area contributed by atoms with Crippen LogP contribution in [0.25, 0.3) is 11.0 Å². The number of methoxy groups -OCH3 is 1. The monoisotopic (exact) mass is 442 g/mol. The van der Waals surface area contributed by atoms with E-state index in [1.165, 1.54) is 19.6 Å². The number of aromatic nitrogens is 1. The lowest BCUT2D eigenvalue weighted by Crippen LogP contribution is -2.42. The molecule has 160 valence electrons. The number of carbonyl (C=O) groups is 3. The van der Waals surface area contributed by atoms with Crippen LogP contribution < -0.4 is 16.3 Å². The van der Waals surface area contributed by atoms with Gasteiger partial charge in [-0.25, -0.2) is 9.59 Å². The molecule has 1 aliphatic heterocycles. The highest BCUT2D eigenvalue weighted by Gasteiger charge is 2.39. The number of hydrogen-bond acceptors (Lipinski definition) is 9. The molecule has 2 N–H and O–H groups in total.